The topological polar surface area (TPSA) is 49.3 Å². The van der Waals surface area contributed by atoms with Crippen LogP contribution in [0.4, 0.5) is 0 Å². The van der Waals surface area contributed by atoms with Crippen molar-refractivity contribution in [3.63, 3.8) is 0 Å². The molecular formula is C8H17NO2S. The maximum absolute atomic E-state index is 11.0. The van der Waals surface area contributed by atoms with Crippen molar-refractivity contribution in [3.05, 3.63) is 0 Å². The Morgan fingerprint density at radius 2 is 2.17 bits per heavy atom. The van der Waals surface area contributed by atoms with Crippen LogP contribution < -0.4 is 5.32 Å². The standard InChI is InChI=1S/C8H17NO2S/c1-7(10)6-9-8-2-4-12(11)5-3-8/h7-10H,2-6H2,1H3/t7-,8?,12?/m0/s1. The van der Waals surface area contributed by atoms with Crippen LogP contribution in [-0.2, 0) is 10.8 Å². The van der Waals surface area contributed by atoms with Gasteiger partial charge in [-0.1, -0.05) is 0 Å². The Morgan fingerprint density at radius 3 is 2.67 bits per heavy atom. The van der Waals surface area contributed by atoms with Gasteiger partial charge in [0.15, 0.2) is 0 Å². The van der Waals surface area contributed by atoms with E-state index in [4.69, 9.17) is 5.11 Å². The summed E-state index contributed by atoms with van der Waals surface area (Å²) in [6.07, 6.45) is 1.69. The third-order valence-electron chi connectivity index (χ3n) is 2.09. The van der Waals surface area contributed by atoms with Gasteiger partial charge in [-0.25, -0.2) is 0 Å². The molecule has 0 aromatic rings. The smallest absolute Gasteiger partial charge is 0.0636 e. The van der Waals surface area contributed by atoms with E-state index >= 15 is 0 Å². The van der Waals surface area contributed by atoms with Crippen molar-refractivity contribution < 1.29 is 9.32 Å². The molecule has 1 heterocycles. The second-order valence-corrected chi connectivity index (χ2v) is 5.08. The molecule has 0 spiro atoms. The van der Waals surface area contributed by atoms with Gasteiger partial charge in [0.05, 0.1) is 6.10 Å². The molecule has 1 aliphatic heterocycles. The summed E-state index contributed by atoms with van der Waals surface area (Å²) in [7, 11) is -0.578. The Kier molecular flexibility index (Phi) is 4.18. The highest BCUT2D eigenvalue weighted by atomic mass is 32.2. The van der Waals surface area contributed by atoms with E-state index < -0.39 is 10.8 Å². The largest absolute Gasteiger partial charge is 0.392 e. The predicted octanol–water partition coefficient (Wildman–Crippen LogP) is -0.132. The molecule has 0 saturated carbocycles. The third kappa shape index (κ3) is 3.65. The Balaban J connectivity index is 2.13. The minimum atomic E-state index is -0.578. The van der Waals surface area contributed by atoms with Gasteiger partial charge < -0.3 is 10.4 Å². The van der Waals surface area contributed by atoms with E-state index in [0.717, 1.165) is 24.3 Å². The summed E-state index contributed by atoms with van der Waals surface area (Å²) in [5, 5.41) is 12.3. The van der Waals surface area contributed by atoms with Gasteiger partial charge in [-0.15, -0.1) is 0 Å². The van der Waals surface area contributed by atoms with Crippen LogP contribution >= 0.6 is 0 Å². The van der Waals surface area contributed by atoms with Crippen molar-refractivity contribution in [3.8, 4) is 0 Å². The van der Waals surface area contributed by atoms with E-state index in [1.807, 2.05) is 0 Å². The van der Waals surface area contributed by atoms with Crippen molar-refractivity contribution in [1.29, 1.82) is 0 Å². The van der Waals surface area contributed by atoms with Gasteiger partial charge in [0.2, 0.25) is 0 Å². The quantitative estimate of drug-likeness (QED) is 0.653. The van der Waals surface area contributed by atoms with Crippen LogP contribution in [0.3, 0.4) is 0 Å². The Morgan fingerprint density at radius 1 is 1.58 bits per heavy atom. The molecule has 0 bridgehead atoms. The van der Waals surface area contributed by atoms with E-state index in [0.29, 0.717) is 12.6 Å². The number of aliphatic hydroxyl groups is 1. The molecule has 0 radical (unpaired) electrons. The highest BCUT2D eigenvalue weighted by Crippen LogP contribution is 2.08. The average Bonchev–Trinajstić information content (AvgIpc) is 2.03. The molecule has 1 aliphatic rings. The maximum atomic E-state index is 11.0. The third-order valence-corrected chi connectivity index (χ3v) is 3.47. The second-order valence-electron chi connectivity index (χ2n) is 3.38. The molecule has 0 aromatic carbocycles. The van der Waals surface area contributed by atoms with Gasteiger partial charge in [-0.3, -0.25) is 4.21 Å². The summed E-state index contributed by atoms with van der Waals surface area (Å²) >= 11 is 0. The van der Waals surface area contributed by atoms with E-state index in [1.54, 1.807) is 6.92 Å². The highest BCUT2D eigenvalue weighted by molar-refractivity contribution is 7.85. The van der Waals surface area contributed by atoms with Gasteiger partial charge in [0.25, 0.3) is 0 Å². The molecule has 0 amide bonds. The molecule has 12 heavy (non-hydrogen) atoms. The fourth-order valence-corrected chi connectivity index (χ4v) is 2.63. The fraction of sp³-hybridized carbons (Fsp3) is 1.00. The van der Waals surface area contributed by atoms with Crippen molar-refractivity contribution >= 4 is 10.8 Å². The molecule has 0 aromatic heterocycles. The number of hydrogen-bond donors (Lipinski definition) is 2. The Hall–Kier alpha value is 0.0700. The zero-order valence-electron chi connectivity index (χ0n) is 7.45. The lowest BCUT2D eigenvalue weighted by atomic mass is 10.1. The van der Waals surface area contributed by atoms with Crippen LogP contribution in [0.2, 0.25) is 0 Å². The summed E-state index contributed by atoms with van der Waals surface area (Å²) in [6, 6.07) is 0.470. The minimum absolute atomic E-state index is 0.280. The monoisotopic (exact) mass is 191 g/mol. The van der Waals surface area contributed by atoms with E-state index in [9.17, 15) is 4.21 Å². The number of rotatable bonds is 3. The van der Waals surface area contributed by atoms with Crippen LogP contribution in [0.1, 0.15) is 19.8 Å². The highest BCUT2D eigenvalue weighted by Gasteiger charge is 2.17. The lowest BCUT2D eigenvalue weighted by Gasteiger charge is -2.23. The Bertz CT molecular complexity index is 151. The van der Waals surface area contributed by atoms with Gasteiger partial charge in [-0.2, -0.15) is 0 Å². The summed E-state index contributed by atoms with van der Waals surface area (Å²) in [5.41, 5.74) is 0. The SMILES string of the molecule is C[C@H](O)CNC1CCS(=O)CC1. The summed E-state index contributed by atoms with van der Waals surface area (Å²) < 4.78 is 11.0. The first-order valence-corrected chi connectivity index (χ1v) is 5.93. The average molecular weight is 191 g/mol. The van der Waals surface area contributed by atoms with Gasteiger partial charge >= 0.3 is 0 Å². The summed E-state index contributed by atoms with van der Waals surface area (Å²) in [5.74, 6) is 1.63. The molecule has 72 valence electrons. The van der Waals surface area contributed by atoms with E-state index in [2.05, 4.69) is 5.32 Å². The first kappa shape index (κ1) is 10.2. The van der Waals surface area contributed by atoms with Gasteiger partial charge in [0, 0.05) is 34.9 Å². The second kappa shape index (κ2) is 4.94. The van der Waals surface area contributed by atoms with Gasteiger partial charge in [-0.05, 0) is 19.8 Å². The van der Waals surface area contributed by atoms with E-state index in [1.165, 1.54) is 0 Å². The molecule has 0 aliphatic carbocycles. The van der Waals surface area contributed by atoms with Crippen LogP contribution in [0.15, 0.2) is 0 Å². The number of nitrogens with one attached hydrogen (secondary N) is 1. The molecule has 3 nitrogen and oxygen atoms in total. The lowest BCUT2D eigenvalue weighted by Crippen LogP contribution is -2.39. The van der Waals surface area contributed by atoms with Crippen molar-refractivity contribution in [2.45, 2.75) is 31.9 Å². The molecule has 1 atom stereocenters. The zero-order valence-corrected chi connectivity index (χ0v) is 8.27. The summed E-state index contributed by atoms with van der Waals surface area (Å²) in [6.45, 7) is 2.42. The van der Waals surface area contributed by atoms with E-state index in [-0.39, 0.29) is 6.10 Å². The molecule has 1 rings (SSSR count). The van der Waals surface area contributed by atoms with Gasteiger partial charge in [0.1, 0.15) is 0 Å². The number of hydrogen-bond acceptors (Lipinski definition) is 3. The van der Waals surface area contributed by atoms with Crippen molar-refractivity contribution in [2.24, 2.45) is 0 Å². The maximum Gasteiger partial charge on any atom is 0.0636 e. The van der Waals surface area contributed by atoms with Crippen LogP contribution in [0, 0.1) is 0 Å². The lowest BCUT2D eigenvalue weighted by molar-refractivity contribution is 0.185. The van der Waals surface area contributed by atoms with Crippen LogP contribution in [-0.4, -0.2) is 39.5 Å². The number of aliphatic hydroxyl groups excluding tert-OH is 1. The molecule has 2 N–H and O–H groups in total. The van der Waals surface area contributed by atoms with Crippen LogP contribution in [0.5, 0.6) is 0 Å². The Labute approximate surface area is 76.0 Å². The molecule has 0 unspecified atom stereocenters. The molecule has 1 fully saturated rings. The molecule has 1 saturated heterocycles. The molecular weight excluding hydrogens is 174 g/mol. The van der Waals surface area contributed by atoms with Crippen molar-refractivity contribution in [1.82, 2.24) is 5.32 Å². The molecule has 4 heteroatoms. The van der Waals surface area contributed by atoms with Crippen LogP contribution in [0.25, 0.3) is 0 Å². The fourth-order valence-electron chi connectivity index (χ4n) is 1.34. The summed E-state index contributed by atoms with van der Waals surface area (Å²) in [4.78, 5) is 0. The first-order valence-electron chi connectivity index (χ1n) is 4.45. The first-order chi connectivity index (χ1) is 5.68. The minimum Gasteiger partial charge on any atom is -0.392 e. The predicted molar refractivity (Wildman–Crippen MR) is 50.6 cm³/mol. The zero-order chi connectivity index (χ0) is 8.97. The normalized spacial score (nSPS) is 33.2. The van der Waals surface area contributed by atoms with Crippen molar-refractivity contribution in [2.75, 3.05) is 18.1 Å².